The Hall–Kier alpha value is -2.25. The van der Waals surface area contributed by atoms with Gasteiger partial charge in [0.25, 0.3) is 0 Å². The van der Waals surface area contributed by atoms with Crippen LogP contribution in [0.3, 0.4) is 0 Å². The van der Waals surface area contributed by atoms with Crippen LogP contribution in [0.5, 0.6) is 0 Å². The third-order valence-electron chi connectivity index (χ3n) is 3.40. The Morgan fingerprint density at radius 3 is 2.64 bits per heavy atom. The van der Waals surface area contributed by atoms with E-state index in [0.717, 1.165) is 16.8 Å². The maximum absolute atomic E-state index is 12.2. The lowest BCUT2D eigenvalue weighted by Crippen LogP contribution is -2.23. The zero-order chi connectivity index (χ0) is 15.9. The van der Waals surface area contributed by atoms with Crippen LogP contribution in [-0.2, 0) is 10.5 Å². The lowest BCUT2D eigenvalue weighted by molar-refractivity contribution is -0.115. The van der Waals surface area contributed by atoms with Crippen molar-refractivity contribution < 1.29 is 4.79 Å². The minimum absolute atomic E-state index is 0.0197. The van der Waals surface area contributed by atoms with Gasteiger partial charge in [-0.2, -0.15) is 5.26 Å². The third kappa shape index (κ3) is 4.12. The standard InChI is InChI=1S/C18H18N2OS/c1-13-7-3-6-10-17(13)20-18(21)14(2)22-12-16-9-5-4-8-15(16)11-19/h3-10,14H,12H2,1-2H3,(H,20,21). The highest BCUT2D eigenvalue weighted by Crippen LogP contribution is 2.22. The Balaban J connectivity index is 1.95. The van der Waals surface area contributed by atoms with Crippen molar-refractivity contribution in [2.75, 3.05) is 5.32 Å². The predicted octanol–water partition coefficient (Wildman–Crippen LogP) is 4.13. The largest absolute Gasteiger partial charge is 0.325 e. The minimum Gasteiger partial charge on any atom is -0.325 e. The van der Waals surface area contributed by atoms with E-state index < -0.39 is 0 Å². The van der Waals surface area contributed by atoms with E-state index in [1.807, 2.05) is 56.3 Å². The van der Waals surface area contributed by atoms with Gasteiger partial charge >= 0.3 is 0 Å². The fourth-order valence-corrected chi connectivity index (χ4v) is 2.88. The molecule has 0 spiro atoms. The molecule has 0 saturated heterocycles. The maximum Gasteiger partial charge on any atom is 0.237 e. The second-order valence-electron chi connectivity index (χ2n) is 5.03. The average Bonchev–Trinajstić information content (AvgIpc) is 2.54. The lowest BCUT2D eigenvalue weighted by atomic mass is 10.1. The van der Waals surface area contributed by atoms with Gasteiger partial charge in [0.05, 0.1) is 16.9 Å². The number of rotatable bonds is 5. The number of nitrogens with zero attached hydrogens (tertiary/aromatic N) is 1. The number of aryl methyl sites for hydroxylation is 1. The van der Waals surface area contributed by atoms with Crippen molar-refractivity contribution in [3.8, 4) is 6.07 Å². The molecular formula is C18H18N2OS. The van der Waals surface area contributed by atoms with E-state index in [9.17, 15) is 4.79 Å². The zero-order valence-electron chi connectivity index (χ0n) is 12.7. The number of benzene rings is 2. The van der Waals surface area contributed by atoms with Gasteiger partial charge in [0.2, 0.25) is 5.91 Å². The van der Waals surface area contributed by atoms with E-state index in [4.69, 9.17) is 5.26 Å². The normalized spacial score (nSPS) is 11.5. The van der Waals surface area contributed by atoms with Gasteiger partial charge in [-0.15, -0.1) is 11.8 Å². The number of thioether (sulfide) groups is 1. The van der Waals surface area contributed by atoms with Crippen LogP contribution in [0, 0.1) is 18.3 Å². The molecule has 0 aliphatic rings. The van der Waals surface area contributed by atoms with Gasteiger partial charge in [-0.3, -0.25) is 4.79 Å². The molecule has 112 valence electrons. The maximum atomic E-state index is 12.2. The molecule has 3 nitrogen and oxygen atoms in total. The van der Waals surface area contributed by atoms with Gasteiger partial charge in [-0.1, -0.05) is 36.4 Å². The van der Waals surface area contributed by atoms with Crippen LogP contribution < -0.4 is 5.32 Å². The Morgan fingerprint density at radius 2 is 1.91 bits per heavy atom. The van der Waals surface area contributed by atoms with E-state index in [-0.39, 0.29) is 11.2 Å². The van der Waals surface area contributed by atoms with E-state index in [1.165, 1.54) is 11.8 Å². The first kappa shape index (κ1) is 16.1. The number of hydrogen-bond donors (Lipinski definition) is 1. The summed E-state index contributed by atoms with van der Waals surface area (Å²) < 4.78 is 0. The van der Waals surface area contributed by atoms with Crippen LogP contribution in [0.1, 0.15) is 23.6 Å². The molecule has 1 N–H and O–H groups in total. The molecule has 1 amide bonds. The highest BCUT2D eigenvalue weighted by molar-refractivity contribution is 7.99. The Labute approximate surface area is 135 Å². The van der Waals surface area contributed by atoms with Gasteiger partial charge in [0.1, 0.15) is 0 Å². The first-order valence-corrected chi connectivity index (χ1v) is 8.13. The summed E-state index contributed by atoms with van der Waals surface area (Å²) in [6, 6.07) is 17.4. The summed E-state index contributed by atoms with van der Waals surface area (Å²) in [5.41, 5.74) is 3.52. The summed E-state index contributed by atoms with van der Waals surface area (Å²) in [6.07, 6.45) is 0. The molecule has 0 aliphatic carbocycles. The average molecular weight is 310 g/mol. The number of nitriles is 1. The molecule has 0 aromatic heterocycles. The monoisotopic (exact) mass is 310 g/mol. The summed E-state index contributed by atoms with van der Waals surface area (Å²) in [7, 11) is 0. The topological polar surface area (TPSA) is 52.9 Å². The van der Waals surface area contributed by atoms with E-state index in [0.29, 0.717) is 11.3 Å². The van der Waals surface area contributed by atoms with Crippen LogP contribution in [-0.4, -0.2) is 11.2 Å². The van der Waals surface area contributed by atoms with Crippen molar-refractivity contribution in [1.82, 2.24) is 0 Å². The first-order valence-electron chi connectivity index (χ1n) is 7.08. The lowest BCUT2D eigenvalue weighted by Gasteiger charge is -2.13. The fourth-order valence-electron chi connectivity index (χ4n) is 1.99. The number of amides is 1. The zero-order valence-corrected chi connectivity index (χ0v) is 13.5. The number of carbonyl (C=O) groups is 1. The predicted molar refractivity (Wildman–Crippen MR) is 91.7 cm³/mol. The fraction of sp³-hybridized carbons (Fsp3) is 0.222. The van der Waals surface area contributed by atoms with Crippen LogP contribution >= 0.6 is 11.8 Å². The van der Waals surface area contributed by atoms with Crippen LogP contribution in [0.15, 0.2) is 48.5 Å². The molecule has 0 fully saturated rings. The molecule has 2 rings (SSSR count). The van der Waals surface area contributed by atoms with Gasteiger partial charge in [-0.05, 0) is 37.1 Å². The highest BCUT2D eigenvalue weighted by Gasteiger charge is 2.15. The first-order chi connectivity index (χ1) is 10.6. The van der Waals surface area contributed by atoms with E-state index >= 15 is 0 Å². The van der Waals surface area contributed by atoms with E-state index in [2.05, 4.69) is 11.4 Å². The molecule has 0 heterocycles. The molecular weight excluding hydrogens is 292 g/mol. The molecule has 0 radical (unpaired) electrons. The molecule has 1 unspecified atom stereocenters. The number of hydrogen-bond acceptors (Lipinski definition) is 3. The molecule has 2 aromatic carbocycles. The van der Waals surface area contributed by atoms with Gasteiger partial charge < -0.3 is 5.32 Å². The summed E-state index contributed by atoms with van der Waals surface area (Å²) in [5.74, 6) is 0.625. The van der Waals surface area contributed by atoms with Crippen molar-refractivity contribution in [1.29, 1.82) is 5.26 Å². The summed E-state index contributed by atoms with van der Waals surface area (Å²) in [4.78, 5) is 12.2. The molecule has 0 aliphatic heterocycles. The summed E-state index contributed by atoms with van der Waals surface area (Å²) in [6.45, 7) is 3.85. The Kier molecular flexibility index (Phi) is 5.62. The number of anilines is 1. The highest BCUT2D eigenvalue weighted by atomic mass is 32.2. The molecule has 4 heteroatoms. The number of para-hydroxylation sites is 1. The second kappa shape index (κ2) is 7.67. The third-order valence-corrected chi connectivity index (χ3v) is 4.59. The molecule has 0 bridgehead atoms. The van der Waals surface area contributed by atoms with Gasteiger partial charge in [0.15, 0.2) is 0 Å². The van der Waals surface area contributed by atoms with Gasteiger partial charge in [-0.25, -0.2) is 0 Å². The molecule has 2 aromatic rings. The van der Waals surface area contributed by atoms with Crippen molar-refractivity contribution in [2.45, 2.75) is 24.9 Å². The Morgan fingerprint density at radius 1 is 1.23 bits per heavy atom. The molecule has 1 atom stereocenters. The van der Waals surface area contributed by atoms with Crippen LogP contribution in [0.2, 0.25) is 0 Å². The molecule has 0 saturated carbocycles. The quantitative estimate of drug-likeness (QED) is 0.903. The Bertz CT molecular complexity index is 706. The van der Waals surface area contributed by atoms with Crippen LogP contribution in [0.25, 0.3) is 0 Å². The smallest absolute Gasteiger partial charge is 0.237 e. The molecule has 22 heavy (non-hydrogen) atoms. The van der Waals surface area contributed by atoms with Crippen molar-refractivity contribution in [3.05, 3.63) is 65.2 Å². The van der Waals surface area contributed by atoms with Crippen molar-refractivity contribution >= 4 is 23.4 Å². The second-order valence-corrected chi connectivity index (χ2v) is 6.36. The summed E-state index contributed by atoms with van der Waals surface area (Å²) >= 11 is 1.53. The van der Waals surface area contributed by atoms with Crippen LogP contribution in [0.4, 0.5) is 5.69 Å². The van der Waals surface area contributed by atoms with Gasteiger partial charge in [0, 0.05) is 11.4 Å². The minimum atomic E-state index is -0.189. The van der Waals surface area contributed by atoms with Crippen molar-refractivity contribution in [2.24, 2.45) is 0 Å². The summed E-state index contributed by atoms with van der Waals surface area (Å²) in [5, 5.41) is 11.8. The van der Waals surface area contributed by atoms with E-state index in [1.54, 1.807) is 6.07 Å². The SMILES string of the molecule is Cc1ccccc1NC(=O)C(C)SCc1ccccc1C#N. The van der Waals surface area contributed by atoms with Crippen molar-refractivity contribution in [3.63, 3.8) is 0 Å². The number of carbonyl (C=O) groups excluding carboxylic acids is 1. The number of nitrogens with one attached hydrogen (secondary N) is 1.